The molecule has 2 rings (SSSR count). The molecule has 5 nitrogen and oxygen atoms in total. The molecule has 112 valence electrons. The largest absolute Gasteiger partial charge is 0.469 e. The van der Waals surface area contributed by atoms with Crippen molar-refractivity contribution in [3.05, 3.63) is 24.2 Å². The first-order valence-electron chi connectivity index (χ1n) is 7.19. The maximum atomic E-state index is 12.6. The molecule has 0 radical (unpaired) electrons. The second-order valence-electron chi connectivity index (χ2n) is 5.62. The SMILES string of the molecule is COCC1(C(=O)NC(C)Cc2ccco2)CCNCC1. The van der Waals surface area contributed by atoms with Gasteiger partial charge in [-0.3, -0.25) is 4.79 Å². The molecule has 5 heteroatoms. The van der Waals surface area contributed by atoms with Gasteiger partial charge in [0, 0.05) is 19.6 Å². The lowest BCUT2D eigenvalue weighted by Gasteiger charge is -2.36. The number of rotatable bonds is 6. The van der Waals surface area contributed by atoms with E-state index in [9.17, 15) is 4.79 Å². The molecule has 0 saturated carbocycles. The lowest BCUT2D eigenvalue weighted by Crippen LogP contribution is -2.52. The molecular weight excluding hydrogens is 256 g/mol. The van der Waals surface area contributed by atoms with Crippen molar-refractivity contribution in [1.29, 1.82) is 0 Å². The summed E-state index contributed by atoms with van der Waals surface area (Å²) in [7, 11) is 1.66. The Hall–Kier alpha value is -1.33. The highest BCUT2D eigenvalue weighted by atomic mass is 16.5. The Morgan fingerprint density at radius 1 is 1.55 bits per heavy atom. The maximum absolute atomic E-state index is 12.6. The summed E-state index contributed by atoms with van der Waals surface area (Å²) in [6, 6.07) is 3.85. The van der Waals surface area contributed by atoms with E-state index >= 15 is 0 Å². The third-order valence-corrected chi connectivity index (χ3v) is 3.93. The first-order chi connectivity index (χ1) is 9.66. The monoisotopic (exact) mass is 280 g/mol. The molecular formula is C15H24N2O3. The van der Waals surface area contributed by atoms with E-state index in [1.807, 2.05) is 19.1 Å². The van der Waals surface area contributed by atoms with Crippen molar-refractivity contribution in [2.24, 2.45) is 5.41 Å². The smallest absolute Gasteiger partial charge is 0.228 e. The highest BCUT2D eigenvalue weighted by molar-refractivity contribution is 5.83. The van der Waals surface area contributed by atoms with Crippen LogP contribution in [0, 0.1) is 5.41 Å². The zero-order valence-electron chi connectivity index (χ0n) is 12.3. The molecule has 1 atom stereocenters. The van der Waals surface area contributed by atoms with Gasteiger partial charge in [0.25, 0.3) is 0 Å². The van der Waals surface area contributed by atoms with Gasteiger partial charge in [0.1, 0.15) is 5.76 Å². The van der Waals surface area contributed by atoms with E-state index in [-0.39, 0.29) is 11.9 Å². The summed E-state index contributed by atoms with van der Waals surface area (Å²) in [6.45, 7) is 4.21. The van der Waals surface area contributed by atoms with Crippen LogP contribution in [0.25, 0.3) is 0 Å². The van der Waals surface area contributed by atoms with Gasteiger partial charge in [0.2, 0.25) is 5.91 Å². The highest BCUT2D eigenvalue weighted by Gasteiger charge is 2.40. The molecule has 0 spiro atoms. The van der Waals surface area contributed by atoms with Crippen LogP contribution in [0.4, 0.5) is 0 Å². The van der Waals surface area contributed by atoms with Gasteiger partial charge in [-0.15, -0.1) is 0 Å². The van der Waals surface area contributed by atoms with Crippen LogP contribution in [-0.2, 0) is 16.0 Å². The van der Waals surface area contributed by atoms with Crippen LogP contribution >= 0.6 is 0 Å². The van der Waals surface area contributed by atoms with Crippen LogP contribution in [-0.4, -0.2) is 38.8 Å². The van der Waals surface area contributed by atoms with Gasteiger partial charge >= 0.3 is 0 Å². The number of ether oxygens (including phenoxy) is 1. The van der Waals surface area contributed by atoms with Crippen LogP contribution < -0.4 is 10.6 Å². The molecule has 0 aromatic carbocycles. The minimum absolute atomic E-state index is 0.0530. The molecule has 0 aliphatic carbocycles. The van der Waals surface area contributed by atoms with E-state index in [2.05, 4.69) is 10.6 Å². The van der Waals surface area contributed by atoms with E-state index in [0.717, 1.165) is 31.7 Å². The van der Waals surface area contributed by atoms with Crippen molar-refractivity contribution >= 4 is 5.91 Å². The summed E-state index contributed by atoms with van der Waals surface area (Å²) in [5.74, 6) is 0.990. The number of furan rings is 1. The number of nitrogens with one attached hydrogen (secondary N) is 2. The summed E-state index contributed by atoms with van der Waals surface area (Å²) in [6.07, 6.45) is 4.00. The van der Waals surface area contributed by atoms with E-state index in [4.69, 9.17) is 9.15 Å². The standard InChI is InChI=1S/C15H24N2O3/c1-12(10-13-4-3-9-20-13)17-14(18)15(11-19-2)5-7-16-8-6-15/h3-4,9,12,16H,5-8,10-11H2,1-2H3,(H,17,18). The van der Waals surface area contributed by atoms with Crippen molar-refractivity contribution in [2.45, 2.75) is 32.2 Å². The topological polar surface area (TPSA) is 63.5 Å². The molecule has 1 aromatic heterocycles. The molecule has 1 aromatic rings. The Morgan fingerprint density at radius 3 is 2.90 bits per heavy atom. The summed E-state index contributed by atoms with van der Waals surface area (Å²) in [5, 5.41) is 6.40. The van der Waals surface area contributed by atoms with Crippen LogP contribution in [0.1, 0.15) is 25.5 Å². The van der Waals surface area contributed by atoms with Crippen molar-refractivity contribution in [3.8, 4) is 0 Å². The van der Waals surface area contributed by atoms with Crippen LogP contribution in [0.15, 0.2) is 22.8 Å². The Balaban J connectivity index is 1.93. The van der Waals surface area contributed by atoms with Crippen LogP contribution in [0.3, 0.4) is 0 Å². The lowest BCUT2D eigenvalue weighted by atomic mass is 9.78. The van der Waals surface area contributed by atoms with E-state index < -0.39 is 5.41 Å². The van der Waals surface area contributed by atoms with Gasteiger partial charge in [-0.05, 0) is 45.0 Å². The summed E-state index contributed by atoms with van der Waals surface area (Å²) >= 11 is 0. The Morgan fingerprint density at radius 2 is 2.30 bits per heavy atom. The van der Waals surface area contributed by atoms with Crippen molar-refractivity contribution < 1.29 is 13.9 Å². The molecule has 1 unspecified atom stereocenters. The summed E-state index contributed by atoms with van der Waals surface area (Å²) in [4.78, 5) is 12.6. The molecule has 1 aliphatic rings. The third kappa shape index (κ3) is 3.61. The number of carbonyl (C=O) groups is 1. The number of amides is 1. The Bertz CT molecular complexity index is 405. The zero-order chi connectivity index (χ0) is 14.4. The third-order valence-electron chi connectivity index (χ3n) is 3.93. The van der Waals surface area contributed by atoms with Gasteiger partial charge in [0.15, 0.2) is 0 Å². The van der Waals surface area contributed by atoms with Gasteiger partial charge in [-0.1, -0.05) is 0 Å². The minimum Gasteiger partial charge on any atom is -0.469 e. The van der Waals surface area contributed by atoms with Gasteiger partial charge in [0.05, 0.1) is 18.3 Å². The van der Waals surface area contributed by atoms with Gasteiger partial charge in [-0.2, -0.15) is 0 Å². The molecule has 20 heavy (non-hydrogen) atoms. The predicted molar refractivity (Wildman–Crippen MR) is 76.4 cm³/mol. The molecule has 1 amide bonds. The second-order valence-corrected chi connectivity index (χ2v) is 5.62. The van der Waals surface area contributed by atoms with E-state index in [1.54, 1.807) is 13.4 Å². The Kier molecular flexibility index (Phi) is 5.20. The fraction of sp³-hybridized carbons (Fsp3) is 0.667. The predicted octanol–water partition coefficient (Wildman–Crippen LogP) is 1.34. The average molecular weight is 280 g/mol. The quantitative estimate of drug-likeness (QED) is 0.825. The van der Waals surface area contributed by atoms with E-state index in [0.29, 0.717) is 13.0 Å². The van der Waals surface area contributed by atoms with Gasteiger partial charge in [-0.25, -0.2) is 0 Å². The molecule has 1 aliphatic heterocycles. The van der Waals surface area contributed by atoms with Gasteiger partial charge < -0.3 is 19.8 Å². The molecule has 2 heterocycles. The number of carbonyl (C=O) groups excluding carboxylic acids is 1. The second kappa shape index (κ2) is 6.90. The minimum atomic E-state index is -0.391. The summed E-state index contributed by atoms with van der Waals surface area (Å²) < 4.78 is 10.6. The molecule has 2 N–H and O–H groups in total. The normalized spacial score (nSPS) is 19.5. The van der Waals surface area contributed by atoms with Crippen LogP contribution in [0.2, 0.25) is 0 Å². The van der Waals surface area contributed by atoms with Crippen molar-refractivity contribution in [3.63, 3.8) is 0 Å². The number of hydrogen-bond donors (Lipinski definition) is 2. The summed E-state index contributed by atoms with van der Waals surface area (Å²) in [5.41, 5.74) is -0.391. The maximum Gasteiger partial charge on any atom is 0.228 e. The first kappa shape index (κ1) is 15.1. The number of hydrogen-bond acceptors (Lipinski definition) is 4. The lowest BCUT2D eigenvalue weighted by molar-refractivity contribution is -0.136. The highest BCUT2D eigenvalue weighted by Crippen LogP contribution is 2.29. The number of piperidine rings is 1. The van der Waals surface area contributed by atoms with Crippen LogP contribution in [0.5, 0.6) is 0 Å². The molecule has 1 saturated heterocycles. The Labute approximate surface area is 120 Å². The fourth-order valence-corrected chi connectivity index (χ4v) is 2.78. The fourth-order valence-electron chi connectivity index (χ4n) is 2.78. The van der Waals surface area contributed by atoms with Crippen molar-refractivity contribution in [1.82, 2.24) is 10.6 Å². The van der Waals surface area contributed by atoms with E-state index in [1.165, 1.54) is 0 Å². The molecule has 0 bridgehead atoms. The average Bonchev–Trinajstić information content (AvgIpc) is 2.92. The van der Waals surface area contributed by atoms with Crippen molar-refractivity contribution in [2.75, 3.05) is 26.8 Å². The zero-order valence-corrected chi connectivity index (χ0v) is 12.3. The molecule has 1 fully saturated rings. The number of methoxy groups -OCH3 is 1. The first-order valence-corrected chi connectivity index (χ1v) is 7.19.